The van der Waals surface area contributed by atoms with Crippen molar-refractivity contribution < 1.29 is 0 Å². The maximum Gasteiger partial charge on any atom is 0.0547 e. The second kappa shape index (κ2) is 9.09. The zero-order chi connectivity index (χ0) is 15.0. The number of hydrogen-bond acceptors (Lipinski definition) is 3. The van der Waals surface area contributed by atoms with Gasteiger partial charge in [0.1, 0.15) is 0 Å². The molecule has 3 heteroatoms. The third-order valence-electron chi connectivity index (χ3n) is 3.87. The molecule has 0 aliphatic rings. The van der Waals surface area contributed by atoms with E-state index in [1.807, 2.05) is 13.0 Å². The zero-order valence-electron chi connectivity index (χ0n) is 13.8. The molecule has 0 radical (unpaired) electrons. The summed E-state index contributed by atoms with van der Waals surface area (Å²) in [6.45, 7) is 12.0. The highest BCUT2D eigenvalue weighted by Crippen LogP contribution is 2.10. The van der Waals surface area contributed by atoms with Crippen LogP contribution in [0.2, 0.25) is 0 Å². The zero-order valence-corrected chi connectivity index (χ0v) is 13.8. The third-order valence-corrected chi connectivity index (χ3v) is 3.87. The van der Waals surface area contributed by atoms with Crippen LogP contribution in [0.15, 0.2) is 18.2 Å². The fourth-order valence-electron chi connectivity index (χ4n) is 2.42. The van der Waals surface area contributed by atoms with Crippen LogP contribution in [0.1, 0.15) is 45.0 Å². The average molecular weight is 277 g/mol. The third kappa shape index (κ3) is 6.02. The van der Waals surface area contributed by atoms with Gasteiger partial charge in [-0.3, -0.25) is 9.88 Å². The number of nitrogens with one attached hydrogen (secondary N) is 1. The van der Waals surface area contributed by atoms with Crippen LogP contribution in [0.5, 0.6) is 0 Å². The van der Waals surface area contributed by atoms with Gasteiger partial charge >= 0.3 is 0 Å². The highest BCUT2D eigenvalue weighted by molar-refractivity contribution is 5.09. The number of pyridine rings is 1. The molecule has 0 spiro atoms. The van der Waals surface area contributed by atoms with E-state index in [1.54, 1.807) is 0 Å². The van der Waals surface area contributed by atoms with E-state index in [0.717, 1.165) is 31.0 Å². The second-order valence-corrected chi connectivity index (χ2v) is 5.91. The van der Waals surface area contributed by atoms with Crippen LogP contribution in [0.4, 0.5) is 0 Å². The van der Waals surface area contributed by atoms with Gasteiger partial charge in [-0.15, -0.1) is 0 Å². The van der Waals surface area contributed by atoms with Crippen molar-refractivity contribution >= 4 is 0 Å². The van der Waals surface area contributed by atoms with Gasteiger partial charge in [0, 0.05) is 24.8 Å². The number of aryl methyl sites for hydroxylation is 1. The van der Waals surface area contributed by atoms with Crippen molar-refractivity contribution in [1.82, 2.24) is 15.2 Å². The number of aromatic nitrogens is 1. The van der Waals surface area contributed by atoms with Gasteiger partial charge in [0.25, 0.3) is 0 Å². The summed E-state index contributed by atoms with van der Waals surface area (Å²) in [4.78, 5) is 6.96. The molecule has 1 aromatic heterocycles. The number of nitrogens with zero attached hydrogens (tertiary/aromatic N) is 2. The van der Waals surface area contributed by atoms with Crippen molar-refractivity contribution in [3.05, 3.63) is 29.6 Å². The highest BCUT2D eigenvalue weighted by atomic mass is 15.1. The Labute approximate surface area is 124 Å². The highest BCUT2D eigenvalue weighted by Gasteiger charge is 2.17. The van der Waals surface area contributed by atoms with Crippen molar-refractivity contribution in [2.45, 2.75) is 53.1 Å². The Balaban J connectivity index is 2.54. The van der Waals surface area contributed by atoms with E-state index in [9.17, 15) is 0 Å². The number of rotatable bonds is 9. The van der Waals surface area contributed by atoms with Gasteiger partial charge in [-0.25, -0.2) is 0 Å². The molecule has 0 aromatic carbocycles. The lowest BCUT2D eigenvalue weighted by Gasteiger charge is -2.29. The normalized spacial score (nSPS) is 14.5. The first kappa shape index (κ1) is 17.1. The Kier molecular flexibility index (Phi) is 7.78. The van der Waals surface area contributed by atoms with E-state index in [4.69, 9.17) is 0 Å². The molecule has 0 fully saturated rings. The van der Waals surface area contributed by atoms with E-state index in [-0.39, 0.29) is 0 Å². The molecule has 0 saturated carbocycles. The molecule has 1 aromatic rings. The molecule has 0 aliphatic carbocycles. The van der Waals surface area contributed by atoms with Crippen LogP contribution in [-0.2, 0) is 6.54 Å². The molecule has 1 N–H and O–H groups in total. The molecule has 0 amide bonds. The van der Waals surface area contributed by atoms with Gasteiger partial charge in [-0.2, -0.15) is 0 Å². The minimum atomic E-state index is 0.565. The number of likely N-dealkylation sites (N-methyl/N-ethyl adjacent to an activating group) is 1. The summed E-state index contributed by atoms with van der Waals surface area (Å²) < 4.78 is 0. The van der Waals surface area contributed by atoms with Crippen LogP contribution < -0.4 is 5.32 Å². The van der Waals surface area contributed by atoms with Gasteiger partial charge in [0.05, 0.1) is 5.69 Å². The van der Waals surface area contributed by atoms with E-state index >= 15 is 0 Å². The van der Waals surface area contributed by atoms with Crippen LogP contribution >= 0.6 is 0 Å². The molecule has 114 valence electrons. The first-order valence-corrected chi connectivity index (χ1v) is 7.91. The molecule has 2 unspecified atom stereocenters. The Bertz CT molecular complexity index is 378. The monoisotopic (exact) mass is 277 g/mol. The Hall–Kier alpha value is -0.930. The summed E-state index contributed by atoms with van der Waals surface area (Å²) in [6, 6.07) is 6.82. The maximum atomic E-state index is 4.59. The van der Waals surface area contributed by atoms with Crippen LogP contribution in [-0.4, -0.2) is 36.1 Å². The maximum absolute atomic E-state index is 4.59. The smallest absolute Gasteiger partial charge is 0.0547 e. The van der Waals surface area contributed by atoms with Gasteiger partial charge in [-0.1, -0.05) is 33.3 Å². The van der Waals surface area contributed by atoms with E-state index in [0.29, 0.717) is 12.0 Å². The van der Waals surface area contributed by atoms with Crippen molar-refractivity contribution in [2.75, 3.05) is 20.1 Å². The molecule has 1 heterocycles. The summed E-state index contributed by atoms with van der Waals surface area (Å²) in [6.07, 6.45) is 2.41. The summed E-state index contributed by atoms with van der Waals surface area (Å²) in [5.41, 5.74) is 2.25. The number of hydrogen-bond donors (Lipinski definition) is 1. The van der Waals surface area contributed by atoms with E-state index in [2.05, 4.69) is 55.2 Å². The fraction of sp³-hybridized carbons (Fsp3) is 0.706. The first-order valence-electron chi connectivity index (χ1n) is 7.91. The van der Waals surface area contributed by atoms with Gasteiger partial charge in [-0.05, 0) is 45.0 Å². The Morgan fingerprint density at radius 1 is 1.30 bits per heavy atom. The summed E-state index contributed by atoms with van der Waals surface area (Å²) in [5.74, 6) is 0.703. The van der Waals surface area contributed by atoms with Gasteiger partial charge in [0.15, 0.2) is 0 Å². The van der Waals surface area contributed by atoms with Gasteiger partial charge < -0.3 is 5.32 Å². The molecule has 20 heavy (non-hydrogen) atoms. The molecule has 1 rings (SSSR count). The molecular weight excluding hydrogens is 246 g/mol. The Morgan fingerprint density at radius 2 is 2.05 bits per heavy atom. The topological polar surface area (TPSA) is 28.2 Å². The van der Waals surface area contributed by atoms with E-state index < -0.39 is 0 Å². The van der Waals surface area contributed by atoms with Crippen molar-refractivity contribution in [3.8, 4) is 0 Å². The molecule has 0 saturated heterocycles. The molecule has 0 bridgehead atoms. The summed E-state index contributed by atoms with van der Waals surface area (Å²) in [7, 11) is 2.19. The van der Waals surface area contributed by atoms with E-state index in [1.165, 1.54) is 12.8 Å². The molecule has 2 atom stereocenters. The summed E-state index contributed by atoms with van der Waals surface area (Å²) >= 11 is 0. The molecule has 0 aliphatic heterocycles. The lowest BCUT2D eigenvalue weighted by molar-refractivity contribution is 0.237. The quantitative estimate of drug-likeness (QED) is 0.751. The predicted molar refractivity (Wildman–Crippen MR) is 86.8 cm³/mol. The minimum absolute atomic E-state index is 0.565. The van der Waals surface area contributed by atoms with Crippen LogP contribution in [0, 0.1) is 12.8 Å². The average Bonchev–Trinajstić information content (AvgIpc) is 2.42. The van der Waals surface area contributed by atoms with Crippen molar-refractivity contribution in [3.63, 3.8) is 0 Å². The van der Waals surface area contributed by atoms with Crippen molar-refractivity contribution in [1.29, 1.82) is 0 Å². The van der Waals surface area contributed by atoms with Crippen LogP contribution in [0.25, 0.3) is 0 Å². The SMILES string of the molecule is CCCNC(CN(C)Cc1cccc(C)n1)C(C)CC. The standard InChI is InChI=1S/C17H31N3/c1-6-11-18-17(14(3)7-2)13-20(5)12-16-10-8-9-15(4)19-16/h8-10,14,17-18H,6-7,11-13H2,1-5H3. The lowest BCUT2D eigenvalue weighted by Crippen LogP contribution is -2.43. The first-order chi connectivity index (χ1) is 9.56. The lowest BCUT2D eigenvalue weighted by atomic mass is 9.98. The minimum Gasteiger partial charge on any atom is -0.312 e. The van der Waals surface area contributed by atoms with Crippen LogP contribution in [0.3, 0.4) is 0 Å². The summed E-state index contributed by atoms with van der Waals surface area (Å²) in [5, 5.41) is 3.69. The molecular formula is C17H31N3. The fourth-order valence-corrected chi connectivity index (χ4v) is 2.42. The predicted octanol–water partition coefficient (Wildman–Crippen LogP) is 3.24. The molecule has 3 nitrogen and oxygen atoms in total. The largest absolute Gasteiger partial charge is 0.312 e. The second-order valence-electron chi connectivity index (χ2n) is 5.91. The Morgan fingerprint density at radius 3 is 2.65 bits per heavy atom. The van der Waals surface area contributed by atoms with Crippen molar-refractivity contribution in [2.24, 2.45) is 5.92 Å². The van der Waals surface area contributed by atoms with Gasteiger partial charge in [0.2, 0.25) is 0 Å².